The number of nitrogens with one attached hydrogen (secondary N) is 3. The topological polar surface area (TPSA) is 57.1 Å². The molecule has 1 fully saturated rings. The molecular weight excluding hydrogens is 336 g/mol. The van der Waals surface area contributed by atoms with Gasteiger partial charge in [0.2, 0.25) is 0 Å². The molecule has 0 aromatic carbocycles. The maximum absolute atomic E-state index is 3.35. The van der Waals surface area contributed by atoms with E-state index >= 15 is 0 Å². The van der Waals surface area contributed by atoms with E-state index in [-0.39, 0.29) is 0 Å². The van der Waals surface area contributed by atoms with Crippen LogP contribution in [-0.2, 0) is 19.6 Å². The molecule has 3 aromatic heterocycles. The first-order valence-electron chi connectivity index (χ1n) is 9.89. The summed E-state index contributed by atoms with van der Waals surface area (Å²) in [4.78, 5) is 17.8. The number of aromatic nitrogens is 3. The summed E-state index contributed by atoms with van der Waals surface area (Å²) in [5.74, 6) is 0. The van der Waals surface area contributed by atoms with Gasteiger partial charge >= 0.3 is 0 Å². The summed E-state index contributed by atoms with van der Waals surface area (Å²) in [6.07, 6.45) is 6.04. The minimum atomic E-state index is 0.986. The van der Waals surface area contributed by atoms with Gasteiger partial charge in [-0.1, -0.05) is 0 Å². The third kappa shape index (κ3) is 5.35. The average Bonchev–Trinajstić information content (AvgIpc) is 3.44. The Hall–Kier alpha value is -2.28. The molecule has 144 valence electrons. The van der Waals surface area contributed by atoms with E-state index in [1.54, 1.807) is 0 Å². The van der Waals surface area contributed by atoms with Crippen molar-refractivity contribution in [2.24, 2.45) is 0 Å². The molecule has 1 aliphatic rings. The van der Waals surface area contributed by atoms with Crippen molar-refractivity contribution in [3.05, 3.63) is 72.1 Å². The normalized spacial score (nSPS) is 18.2. The molecule has 27 heavy (non-hydrogen) atoms. The van der Waals surface area contributed by atoms with Gasteiger partial charge in [0, 0.05) is 94.6 Å². The van der Waals surface area contributed by atoms with Gasteiger partial charge in [0.25, 0.3) is 0 Å². The molecule has 6 nitrogen and oxygen atoms in total. The van der Waals surface area contributed by atoms with Gasteiger partial charge in [0.1, 0.15) is 0 Å². The second kappa shape index (κ2) is 9.08. The van der Waals surface area contributed by atoms with E-state index in [0.29, 0.717) is 0 Å². The minimum Gasteiger partial charge on any atom is -0.364 e. The molecular formula is C21H30N6. The second-order valence-corrected chi connectivity index (χ2v) is 7.41. The summed E-state index contributed by atoms with van der Waals surface area (Å²) in [7, 11) is 0. The Balaban J connectivity index is 1.43. The zero-order valence-corrected chi connectivity index (χ0v) is 15.9. The van der Waals surface area contributed by atoms with Crippen LogP contribution in [0.15, 0.2) is 55.0 Å². The fourth-order valence-electron chi connectivity index (χ4n) is 3.78. The van der Waals surface area contributed by atoms with Crippen LogP contribution in [0.1, 0.15) is 17.1 Å². The molecule has 0 atom stereocenters. The molecule has 3 aromatic rings. The van der Waals surface area contributed by atoms with E-state index in [4.69, 9.17) is 0 Å². The van der Waals surface area contributed by atoms with Gasteiger partial charge in [-0.15, -0.1) is 0 Å². The molecule has 4 rings (SSSR count). The van der Waals surface area contributed by atoms with Crippen LogP contribution >= 0.6 is 0 Å². The number of hydrogen-bond acceptors (Lipinski definition) is 3. The zero-order chi connectivity index (χ0) is 18.3. The summed E-state index contributed by atoms with van der Waals surface area (Å²) in [5, 5.41) is 0. The van der Waals surface area contributed by atoms with Crippen molar-refractivity contribution in [1.29, 1.82) is 0 Å². The predicted molar refractivity (Wildman–Crippen MR) is 108 cm³/mol. The Labute approximate surface area is 161 Å². The molecule has 0 unspecified atom stereocenters. The smallest absolute Gasteiger partial charge is 0.0386 e. The molecule has 4 heterocycles. The van der Waals surface area contributed by atoms with Crippen LogP contribution in [0.5, 0.6) is 0 Å². The van der Waals surface area contributed by atoms with Gasteiger partial charge in [-0.3, -0.25) is 14.7 Å². The van der Waals surface area contributed by atoms with Crippen molar-refractivity contribution in [1.82, 2.24) is 29.7 Å². The first-order valence-corrected chi connectivity index (χ1v) is 9.89. The SMILES string of the molecule is c1c[nH]c(CN2CCN(Cc3ccc[nH]3)CCN(Cc3ccc[nH]3)CC2)c1. The number of aromatic amines is 3. The molecule has 3 N–H and O–H groups in total. The van der Waals surface area contributed by atoms with E-state index in [9.17, 15) is 0 Å². The molecule has 0 aliphatic carbocycles. The van der Waals surface area contributed by atoms with Crippen LogP contribution < -0.4 is 0 Å². The van der Waals surface area contributed by atoms with Gasteiger partial charge in [0.05, 0.1) is 0 Å². The first kappa shape index (κ1) is 18.1. The van der Waals surface area contributed by atoms with Crippen molar-refractivity contribution in [2.75, 3.05) is 39.3 Å². The fraction of sp³-hybridized carbons (Fsp3) is 0.429. The summed E-state index contributed by atoms with van der Waals surface area (Å²) in [5.41, 5.74) is 3.88. The van der Waals surface area contributed by atoms with Gasteiger partial charge in [-0.05, 0) is 36.4 Å². The highest BCUT2D eigenvalue weighted by Gasteiger charge is 2.17. The summed E-state index contributed by atoms with van der Waals surface area (Å²) in [6.45, 7) is 9.52. The molecule has 0 bridgehead atoms. The van der Waals surface area contributed by atoms with Crippen LogP contribution in [0.4, 0.5) is 0 Å². The molecule has 0 saturated carbocycles. The lowest BCUT2D eigenvalue weighted by Crippen LogP contribution is -2.35. The lowest BCUT2D eigenvalue weighted by molar-refractivity contribution is 0.207. The average molecular weight is 367 g/mol. The largest absolute Gasteiger partial charge is 0.364 e. The third-order valence-corrected chi connectivity index (χ3v) is 5.37. The van der Waals surface area contributed by atoms with E-state index in [1.165, 1.54) is 17.1 Å². The van der Waals surface area contributed by atoms with Crippen LogP contribution in [0, 0.1) is 0 Å². The molecule has 0 spiro atoms. The number of rotatable bonds is 6. The Morgan fingerprint density at radius 3 is 1.04 bits per heavy atom. The molecule has 0 amide bonds. The molecule has 1 saturated heterocycles. The second-order valence-electron chi connectivity index (χ2n) is 7.41. The van der Waals surface area contributed by atoms with Crippen molar-refractivity contribution < 1.29 is 0 Å². The predicted octanol–water partition coefficient (Wildman–Crippen LogP) is 2.49. The molecule has 1 aliphatic heterocycles. The van der Waals surface area contributed by atoms with Crippen molar-refractivity contribution in [3.63, 3.8) is 0 Å². The molecule has 6 heteroatoms. The lowest BCUT2D eigenvalue weighted by Gasteiger charge is -2.25. The molecule has 0 radical (unpaired) electrons. The van der Waals surface area contributed by atoms with Crippen molar-refractivity contribution >= 4 is 0 Å². The van der Waals surface area contributed by atoms with E-state index < -0.39 is 0 Å². The Kier molecular flexibility index (Phi) is 6.09. The van der Waals surface area contributed by atoms with E-state index in [2.05, 4.69) is 66.0 Å². The fourth-order valence-corrected chi connectivity index (χ4v) is 3.78. The zero-order valence-electron chi connectivity index (χ0n) is 15.9. The highest BCUT2D eigenvalue weighted by atomic mass is 15.3. The lowest BCUT2D eigenvalue weighted by atomic mass is 10.3. The van der Waals surface area contributed by atoms with E-state index in [0.717, 1.165) is 58.9 Å². The monoisotopic (exact) mass is 366 g/mol. The number of hydrogen-bond donors (Lipinski definition) is 3. The van der Waals surface area contributed by atoms with Crippen molar-refractivity contribution in [2.45, 2.75) is 19.6 Å². The Morgan fingerprint density at radius 1 is 0.519 bits per heavy atom. The Bertz CT molecular complexity index is 630. The standard InChI is InChI=1S/C21H30N6/c1-4-19(22-7-1)16-25-10-12-26(17-20-5-2-8-23-20)14-15-27(13-11-25)18-21-6-3-9-24-21/h1-9,22-24H,10-18H2. The minimum absolute atomic E-state index is 0.986. The highest BCUT2D eigenvalue weighted by molar-refractivity contribution is 5.05. The van der Waals surface area contributed by atoms with Crippen LogP contribution in [-0.4, -0.2) is 68.9 Å². The van der Waals surface area contributed by atoms with Gasteiger partial charge in [-0.2, -0.15) is 0 Å². The summed E-state index contributed by atoms with van der Waals surface area (Å²) in [6, 6.07) is 12.8. The van der Waals surface area contributed by atoms with Crippen molar-refractivity contribution in [3.8, 4) is 0 Å². The Morgan fingerprint density at radius 2 is 0.815 bits per heavy atom. The quantitative estimate of drug-likeness (QED) is 0.628. The third-order valence-electron chi connectivity index (χ3n) is 5.37. The summed E-state index contributed by atoms with van der Waals surface area (Å²) < 4.78 is 0. The number of H-pyrrole nitrogens is 3. The van der Waals surface area contributed by atoms with Crippen LogP contribution in [0.25, 0.3) is 0 Å². The highest BCUT2D eigenvalue weighted by Crippen LogP contribution is 2.10. The maximum Gasteiger partial charge on any atom is 0.0386 e. The van der Waals surface area contributed by atoms with Crippen LogP contribution in [0.2, 0.25) is 0 Å². The van der Waals surface area contributed by atoms with E-state index in [1.807, 2.05) is 18.6 Å². The van der Waals surface area contributed by atoms with Gasteiger partial charge in [0.15, 0.2) is 0 Å². The summed E-state index contributed by atoms with van der Waals surface area (Å²) >= 11 is 0. The maximum atomic E-state index is 3.35. The van der Waals surface area contributed by atoms with Gasteiger partial charge in [-0.25, -0.2) is 0 Å². The number of nitrogens with zero attached hydrogens (tertiary/aromatic N) is 3. The van der Waals surface area contributed by atoms with Crippen LogP contribution in [0.3, 0.4) is 0 Å². The van der Waals surface area contributed by atoms with Gasteiger partial charge < -0.3 is 15.0 Å². The first-order chi connectivity index (χ1) is 13.3.